The molecule has 0 saturated heterocycles. The number of urea groups is 1. The van der Waals surface area contributed by atoms with Crippen LogP contribution in [0.5, 0.6) is 11.5 Å². The third kappa shape index (κ3) is 4.16. The van der Waals surface area contributed by atoms with E-state index in [1.165, 1.54) is 26.4 Å². The number of nitrogens with one attached hydrogen (secondary N) is 2. The fourth-order valence-electron chi connectivity index (χ4n) is 2.31. The second kappa shape index (κ2) is 7.68. The normalized spacial score (nSPS) is 11.5. The summed E-state index contributed by atoms with van der Waals surface area (Å²) in [6.45, 7) is 3.69. The Labute approximate surface area is 140 Å². The van der Waals surface area contributed by atoms with E-state index >= 15 is 0 Å². The van der Waals surface area contributed by atoms with Crippen LogP contribution in [0.25, 0.3) is 0 Å². The minimum Gasteiger partial charge on any atom is -0.495 e. The molecule has 0 saturated carbocycles. The zero-order valence-corrected chi connectivity index (χ0v) is 14.1. The summed E-state index contributed by atoms with van der Waals surface area (Å²) in [5.41, 5.74) is 2.21. The van der Waals surface area contributed by atoms with Crippen LogP contribution in [0.4, 0.5) is 14.9 Å². The van der Waals surface area contributed by atoms with Crippen molar-refractivity contribution in [1.82, 2.24) is 5.32 Å². The summed E-state index contributed by atoms with van der Waals surface area (Å²) in [6.07, 6.45) is 0. The molecule has 24 heavy (non-hydrogen) atoms. The largest absolute Gasteiger partial charge is 0.495 e. The van der Waals surface area contributed by atoms with Crippen molar-refractivity contribution in [2.45, 2.75) is 19.9 Å². The van der Waals surface area contributed by atoms with E-state index in [9.17, 15) is 9.18 Å². The monoisotopic (exact) mass is 332 g/mol. The number of carbonyl (C=O) groups excluding carboxylic acids is 1. The smallest absolute Gasteiger partial charge is 0.319 e. The van der Waals surface area contributed by atoms with Gasteiger partial charge in [-0.2, -0.15) is 0 Å². The first kappa shape index (κ1) is 17.6. The molecule has 0 fully saturated rings. The number of hydrogen-bond donors (Lipinski definition) is 2. The lowest BCUT2D eigenvalue weighted by atomic mass is 10.1. The highest BCUT2D eigenvalue weighted by Crippen LogP contribution is 2.26. The summed E-state index contributed by atoms with van der Waals surface area (Å²) in [6, 6.07) is 9.30. The third-order valence-corrected chi connectivity index (χ3v) is 3.63. The van der Waals surface area contributed by atoms with Crippen molar-refractivity contribution in [2.24, 2.45) is 0 Å². The Morgan fingerprint density at radius 2 is 1.75 bits per heavy atom. The summed E-state index contributed by atoms with van der Waals surface area (Å²) < 4.78 is 23.9. The third-order valence-electron chi connectivity index (χ3n) is 3.63. The molecule has 1 unspecified atom stereocenters. The molecule has 0 spiro atoms. The molecular formula is C18H21FN2O3. The van der Waals surface area contributed by atoms with Crippen molar-refractivity contribution < 1.29 is 18.7 Å². The van der Waals surface area contributed by atoms with Gasteiger partial charge in [0, 0.05) is 0 Å². The lowest BCUT2D eigenvalue weighted by molar-refractivity contribution is 0.249. The van der Waals surface area contributed by atoms with Crippen molar-refractivity contribution in [3.05, 3.63) is 53.3 Å². The molecule has 2 amide bonds. The lowest BCUT2D eigenvalue weighted by Crippen LogP contribution is -2.31. The molecule has 0 heterocycles. The quantitative estimate of drug-likeness (QED) is 0.869. The van der Waals surface area contributed by atoms with Gasteiger partial charge >= 0.3 is 6.03 Å². The SMILES string of the molecule is COc1ccc(C(C)NC(=O)Nc2cc(C)ccc2OC)cc1F. The zero-order chi connectivity index (χ0) is 17.7. The molecule has 0 aliphatic rings. The molecule has 1 atom stereocenters. The Bertz CT molecular complexity index is 734. The first-order valence-corrected chi connectivity index (χ1v) is 7.50. The highest BCUT2D eigenvalue weighted by Gasteiger charge is 2.14. The van der Waals surface area contributed by atoms with Crippen LogP contribution in [0.1, 0.15) is 24.1 Å². The minimum absolute atomic E-state index is 0.167. The van der Waals surface area contributed by atoms with Crippen LogP contribution < -0.4 is 20.1 Å². The zero-order valence-electron chi connectivity index (χ0n) is 14.1. The van der Waals surface area contributed by atoms with Crippen molar-refractivity contribution in [3.8, 4) is 11.5 Å². The van der Waals surface area contributed by atoms with Crippen molar-refractivity contribution >= 4 is 11.7 Å². The molecule has 2 rings (SSSR count). The van der Waals surface area contributed by atoms with Crippen LogP contribution in [0, 0.1) is 12.7 Å². The minimum atomic E-state index is -0.468. The van der Waals surface area contributed by atoms with Crippen LogP contribution in [-0.2, 0) is 0 Å². The van der Waals surface area contributed by atoms with Gasteiger partial charge in [-0.3, -0.25) is 0 Å². The van der Waals surface area contributed by atoms with E-state index in [-0.39, 0.29) is 11.8 Å². The molecule has 0 bridgehead atoms. The number of halogens is 1. The van der Waals surface area contributed by atoms with Crippen LogP contribution in [0.2, 0.25) is 0 Å². The number of benzene rings is 2. The van der Waals surface area contributed by atoms with Gasteiger partial charge in [0.25, 0.3) is 0 Å². The summed E-state index contributed by atoms with van der Waals surface area (Å²) in [5, 5.41) is 5.51. The summed E-state index contributed by atoms with van der Waals surface area (Å²) in [7, 11) is 2.94. The number of methoxy groups -OCH3 is 2. The Morgan fingerprint density at radius 1 is 1.08 bits per heavy atom. The Hall–Kier alpha value is -2.76. The molecule has 0 radical (unpaired) electrons. The first-order valence-electron chi connectivity index (χ1n) is 7.50. The van der Waals surface area contributed by atoms with Gasteiger partial charge in [-0.05, 0) is 49.2 Å². The maximum absolute atomic E-state index is 13.8. The van der Waals surface area contributed by atoms with Gasteiger partial charge in [-0.1, -0.05) is 12.1 Å². The molecule has 2 aromatic rings. The fraction of sp³-hybridized carbons (Fsp3) is 0.278. The maximum atomic E-state index is 13.8. The predicted molar refractivity (Wildman–Crippen MR) is 91.3 cm³/mol. The van der Waals surface area contributed by atoms with E-state index in [0.29, 0.717) is 17.0 Å². The Kier molecular flexibility index (Phi) is 5.63. The molecule has 128 valence electrons. The fourth-order valence-corrected chi connectivity index (χ4v) is 2.31. The number of ether oxygens (including phenoxy) is 2. The maximum Gasteiger partial charge on any atom is 0.319 e. The molecule has 2 N–H and O–H groups in total. The average molecular weight is 332 g/mol. The van der Waals surface area contributed by atoms with Crippen LogP contribution in [0.3, 0.4) is 0 Å². The van der Waals surface area contributed by atoms with Crippen LogP contribution in [-0.4, -0.2) is 20.3 Å². The topological polar surface area (TPSA) is 59.6 Å². The first-order chi connectivity index (χ1) is 11.4. The standard InChI is InChI=1S/C18H21FN2O3/c1-11-5-7-17(24-4)15(9-11)21-18(22)20-12(2)13-6-8-16(23-3)14(19)10-13/h5-10,12H,1-4H3,(H2,20,21,22). The van der Waals surface area contributed by atoms with Crippen LogP contribution >= 0.6 is 0 Å². The molecular weight excluding hydrogens is 311 g/mol. The highest BCUT2D eigenvalue weighted by molar-refractivity contribution is 5.91. The van der Waals surface area contributed by atoms with Gasteiger partial charge in [-0.15, -0.1) is 0 Å². The average Bonchev–Trinajstić information content (AvgIpc) is 2.54. The van der Waals surface area contributed by atoms with E-state index < -0.39 is 11.8 Å². The number of rotatable bonds is 5. The summed E-state index contributed by atoms with van der Waals surface area (Å²) in [5.74, 6) is 0.267. The van der Waals surface area contributed by atoms with E-state index in [2.05, 4.69) is 10.6 Å². The van der Waals surface area contributed by atoms with Crippen LogP contribution in [0.15, 0.2) is 36.4 Å². The van der Waals surface area contributed by atoms with E-state index in [1.807, 2.05) is 19.1 Å². The highest BCUT2D eigenvalue weighted by atomic mass is 19.1. The van der Waals surface area contributed by atoms with Gasteiger partial charge < -0.3 is 20.1 Å². The molecule has 6 heteroatoms. The predicted octanol–water partition coefficient (Wildman–Crippen LogP) is 4.03. The van der Waals surface area contributed by atoms with Gasteiger partial charge in [0.05, 0.1) is 25.9 Å². The lowest BCUT2D eigenvalue weighted by Gasteiger charge is -2.17. The van der Waals surface area contributed by atoms with Gasteiger partial charge in [0.2, 0.25) is 0 Å². The number of amides is 2. The second-order valence-electron chi connectivity index (χ2n) is 5.42. The summed E-state index contributed by atoms with van der Waals surface area (Å²) >= 11 is 0. The Morgan fingerprint density at radius 3 is 2.38 bits per heavy atom. The van der Waals surface area contributed by atoms with E-state index in [4.69, 9.17) is 9.47 Å². The number of aryl methyl sites for hydroxylation is 1. The van der Waals surface area contributed by atoms with Crippen molar-refractivity contribution in [1.29, 1.82) is 0 Å². The van der Waals surface area contributed by atoms with Crippen molar-refractivity contribution in [2.75, 3.05) is 19.5 Å². The molecule has 0 aliphatic carbocycles. The van der Waals surface area contributed by atoms with E-state index in [1.54, 1.807) is 19.1 Å². The van der Waals surface area contributed by atoms with Crippen molar-refractivity contribution in [3.63, 3.8) is 0 Å². The molecule has 0 aromatic heterocycles. The van der Waals surface area contributed by atoms with Gasteiger partial charge in [0.1, 0.15) is 5.75 Å². The van der Waals surface area contributed by atoms with Gasteiger partial charge in [0.15, 0.2) is 11.6 Å². The van der Waals surface area contributed by atoms with Gasteiger partial charge in [-0.25, -0.2) is 9.18 Å². The molecule has 5 nitrogen and oxygen atoms in total. The molecule has 0 aliphatic heterocycles. The molecule has 2 aromatic carbocycles. The Balaban J connectivity index is 2.07. The second-order valence-corrected chi connectivity index (χ2v) is 5.42. The number of carbonyl (C=O) groups is 1. The summed E-state index contributed by atoms with van der Waals surface area (Å²) in [4.78, 5) is 12.2. The van der Waals surface area contributed by atoms with E-state index in [0.717, 1.165) is 5.56 Å². The number of anilines is 1. The number of hydrogen-bond acceptors (Lipinski definition) is 3.